The van der Waals surface area contributed by atoms with Gasteiger partial charge < -0.3 is 14.4 Å². The van der Waals surface area contributed by atoms with Crippen molar-refractivity contribution in [2.45, 2.75) is 156 Å². The number of hydrogen-bond donors (Lipinski definition) is 0. The molecule has 46 heavy (non-hydrogen) atoms. The lowest BCUT2D eigenvalue weighted by Crippen LogP contribution is -2.48. The Morgan fingerprint density at radius 2 is 0.804 bits per heavy atom. The molecule has 248 valence electrons. The summed E-state index contributed by atoms with van der Waals surface area (Å²) in [5, 5.41) is 0. The van der Waals surface area contributed by atoms with E-state index in [1.54, 1.807) is 7.11 Å². The second-order valence-corrected chi connectivity index (χ2v) is 19.1. The van der Waals surface area contributed by atoms with Crippen LogP contribution in [0.3, 0.4) is 0 Å². The Morgan fingerprint density at radius 3 is 1.09 bits per heavy atom. The van der Waals surface area contributed by atoms with Crippen LogP contribution in [0.4, 0.5) is 17.1 Å². The molecular formula is C43H59NO2. The van der Waals surface area contributed by atoms with Crippen LogP contribution in [0, 0.1) is 0 Å². The minimum absolute atomic E-state index is 0.0289. The normalized spacial score (nSPS) is 18.8. The summed E-state index contributed by atoms with van der Waals surface area (Å²) >= 11 is 0. The number of rotatable bonds is 5. The first-order valence-corrected chi connectivity index (χ1v) is 17.3. The third-order valence-electron chi connectivity index (χ3n) is 12.4. The molecule has 0 spiro atoms. The average molecular weight is 622 g/mol. The molecule has 3 nitrogen and oxygen atoms in total. The standard InChI is InChI=1S/C43H59NO2/c1-37(2,3)26-20-30-35-32(22-26)41(11,12)33-23-27(38(4,5)6)21-31-36(33)44(35)34-28(39(30,7)8)18-25(19-29(34)40(31,9)10)24-46-43(15,16)42(13,14)45-17/h18-23H,24H2,1-17H3. The van der Waals surface area contributed by atoms with Gasteiger partial charge in [-0.05, 0) is 88.6 Å². The van der Waals surface area contributed by atoms with Gasteiger partial charge in [0, 0.05) is 23.4 Å². The summed E-state index contributed by atoms with van der Waals surface area (Å²) in [7, 11) is 1.77. The van der Waals surface area contributed by atoms with Crippen LogP contribution in [0.15, 0.2) is 36.4 Å². The van der Waals surface area contributed by atoms with E-state index in [1.165, 1.54) is 67.1 Å². The van der Waals surface area contributed by atoms with Crippen molar-refractivity contribution in [2.75, 3.05) is 12.0 Å². The summed E-state index contributed by atoms with van der Waals surface area (Å²) in [6.07, 6.45) is 0. The molecule has 3 heteroatoms. The fourth-order valence-electron chi connectivity index (χ4n) is 7.95. The fraction of sp³-hybridized carbons (Fsp3) is 0.581. The van der Waals surface area contributed by atoms with Gasteiger partial charge >= 0.3 is 0 Å². The Kier molecular flexibility index (Phi) is 6.88. The molecule has 3 heterocycles. The highest BCUT2D eigenvalue weighted by molar-refractivity contribution is 5.98. The van der Waals surface area contributed by atoms with Crippen molar-refractivity contribution in [1.82, 2.24) is 0 Å². The molecule has 3 aliphatic rings. The highest BCUT2D eigenvalue weighted by atomic mass is 16.6. The van der Waals surface area contributed by atoms with Crippen molar-refractivity contribution in [3.63, 3.8) is 0 Å². The van der Waals surface area contributed by atoms with Crippen LogP contribution in [0.1, 0.15) is 161 Å². The topological polar surface area (TPSA) is 21.7 Å². The molecule has 3 aliphatic heterocycles. The first-order valence-electron chi connectivity index (χ1n) is 17.3. The first-order chi connectivity index (χ1) is 20.8. The second kappa shape index (κ2) is 9.50. The molecule has 0 fully saturated rings. The highest BCUT2D eigenvalue weighted by Gasteiger charge is 2.53. The molecule has 0 amide bonds. The maximum absolute atomic E-state index is 6.73. The maximum Gasteiger partial charge on any atom is 0.0913 e. The van der Waals surface area contributed by atoms with E-state index in [9.17, 15) is 0 Å². The van der Waals surface area contributed by atoms with E-state index in [4.69, 9.17) is 9.47 Å². The molecule has 3 aromatic carbocycles. The summed E-state index contributed by atoms with van der Waals surface area (Å²) in [5.74, 6) is 0. The van der Waals surface area contributed by atoms with Crippen LogP contribution < -0.4 is 4.90 Å². The van der Waals surface area contributed by atoms with Gasteiger partial charge in [0.2, 0.25) is 0 Å². The van der Waals surface area contributed by atoms with Gasteiger partial charge in [-0.25, -0.2) is 0 Å². The van der Waals surface area contributed by atoms with E-state index in [2.05, 4.69) is 152 Å². The van der Waals surface area contributed by atoms with Crippen LogP contribution in [-0.2, 0) is 43.2 Å². The SMILES string of the molecule is COC(C)(C)C(C)(C)OCc1cc2c3c(c1)C(C)(C)c1cc(C(C)(C)C)cc4c1N3c1c(cc(C(C)(C)C)cc1C4(C)C)C2(C)C. The Balaban J connectivity index is 1.71. The summed E-state index contributed by atoms with van der Waals surface area (Å²) in [5.41, 5.74) is 15.3. The number of nitrogens with zero attached hydrogens (tertiary/aromatic N) is 1. The predicted octanol–water partition coefficient (Wildman–Crippen LogP) is 11.4. The lowest BCUT2D eigenvalue weighted by atomic mass is 9.59. The zero-order valence-corrected chi connectivity index (χ0v) is 31.9. The van der Waals surface area contributed by atoms with Crippen LogP contribution in [0.5, 0.6) is 0 Å². The van der Waals surface area contributed by atoms with Crippen molar-refractivity contribution >= 4 is 17.1 Å². The van der Waals surface area contributed by atoms with E-state index in [0.717, 1.165) is 0 Å². The van der Waals surface area contributed by atoms with Gasteiger partial charge in [0.15, 0.2) is 0 Å². The van der Waals surface area contributed by atoms with Gasteiger partial charge in [-0.3, -0.25) is 0 Å². The molecule has 6 rings (SSSR count). The molecule has 0 atom stereocenters. The number of ether oxygens (including phenoxy) is 2. The van der Waals surface area contributed by atoms with Crippen molar-refractivity contribution in [2.24, 2.45) is 0 Å². The van der Waals surface area contributed by atoms with Gasteiger partial charge in [-0.15, -0.1) is 0 Å². The monoisotopic (exact) mass is 621 g/mol. The molecule has 3 aromatic rings. The van der Waals surface area contributed by atoms with Crippen molar-refractivity contribution in [1.29, 1.82) is 0 Å². The van der Waals surface area contributed by atoms with E-state index < -0.39 is 11.2 Å². The molecule has 0 bridgehead atoms. The van der Waals surface area contributed by atoms with Crippen molar-refractivity contribution in [3.8, 4) is 0 Å². The quantitative estimate of drug-likeness (QED) is 0.283. The average Bonchev–Trinajstić information content (AvgIpc) is 2.93. The maximum atomic E-state index is 6.73. The van der Waals surface area contributed by atoms with E-state index >= 15 is 0 Å². The Morgan fingerprint density at radius 1 is 0.500 bits per heavy atom. The number of anilines is 3. The van der Waals surface area contributed by atoms with Gasteiger partial charge in [0.05, 0.1) is 34.9 Å². The van der Waals surface area contributed by atoms with Gasteiger partial charge in [0.1, 0.15) is 0 Å². The molecule has 0 aromatic heterocycles. The zero-order chi connectivity index (χ0) is 34.4. The van der Waals surface area contributed by atoms with Gasteiger partial charge in [-0.2, -0.15) is 0 Å². The van der Waals surface area contributed by atoms with E-state index in [0.29, 0.717) is 6.61 Å². The van der Waals surface area contributed by atoms with Crippen molar-refractivity contribution < 1.29 is 9.47 Å². The Hall–Kier alpha value is -2.62. The smallest absolute Gasteiger partial charge is 0.0913 e. The summed E-state index contributed by atoms with van der Waals surface area (Å²) in [6, 6.07) is 15.0. The highest BCUT2D eigenvalue weighted by Crippen LogP contribution is 2.67. The molecule has 0 aliphatic carbocycles. The molecular weight excluding hydrogens is 562 g/mol. The number of methoxy groups -OCH3 is 1. The second-order valence-electron chi connectivity index (χ2n) is 19.1. The van der Waals surface area contributed by atoms with E-state index in [1.807, 2.05) is 0 Å². The van der Waals surface area contributed by atoms with E-state index in [-0.39, 0.29) is 27.1 Å². The van der Waals surface area contributed by atoms with Gasteiger partial charge in [0.25, 0.3) is 0 Å². The first kappa shape index (κ1) is 33.3. The van der Waals surface area contributed by atoms with Gasteiger partial charge in [-0.1, -0.05) is 119 Å². The third-order valence-corrected chi connectivity index (χ3v) is 12.4. The summed E-state index contributed by atoms with van der Waals surface area (Å²) in [4.78, 5) is 2.68. The Labute approximate surface area is 280 Å². The molecule has 0 unspecified atom stereocenters. The summed E-state index contributed by atoms with van der Waals surface area (Å²) < 4.78 is 12.6. The lowest BCUT2D eigenvalue weighted by molar-refractivity contribution is -0.169. The molecule has 0 saturated carbocycles. The fourth-order valence-corrected chi connectivity index (χ4v) is 7.95. The largest absolute Gasteiger partial charge is 0.376 e. The summed E-state index contributed by atoms with van der Waals surface area (Å²) in [6.45, 7) is 37.8. The third kappa shape index (κ3) is 4.43. The molecule has 0 N–H and O–H groups in total. The van der Waals surface area contributed by atoms with Crippen LogP contribution in [-0.4, -0.2) is 18.3 Å². The van der Waals surface area contributed by atoms with Crippen molar-refractivity contribution in [3.05, 3.63) is 86.5 Å². The molecule has 0 saturated heterocycles. The Bertz CT molecular complexity index is 1660. The number of hydrogen-bond acceptors (Lipinski definition) is 3. The van der Waals surface area contributed by atoms with Crippen LogP contribution in [0.25, 0.3) is 0 Å². The lowest BCUT2D eigenvalue weighted by Gasteiger charge is -2.56. The number of benzene rings is 3. The minimum Gasteiger partial charge on any atom is -0.376 e. The minimum atomic E-state index is -0.468. The predicted molar refractivity (Wildman–Crippen MR) is 195 cm³/mol. The van der Waals surface area contributed by atoms with Crippen LogP contribution >= 0.6 is 0 Å². The molecule has 0 radical (unpaired) electrons. The van der Waals surface area contributed by atoms with Crippen LogP contribution in [0.2, 0.25) is 0 Å². The zero-order valence-electron chi connectivity index (χ0n) is 31.9.